The molecule has 5 nitrogen and oxygen atoms in total. The maximum Gasteiger partial charge on any atom is 0.254 e. The molecule has 3 N–H and O–H groups in total. The predicted octanol–water partition coefficient (Wildman–Crippen LogP) is 0.867. The first-order chi connectivity index (χ1) is 8.58. The second kappa shape index (κ2) is 6.64. The van der Waals surface area contributed by atoms with Crippen LogP contribution >= 0.6 is 0 Å². The van der Waals surface area contributed by atoms with E-state index in [1.165, 1.54) is 4.90 Å². The zero-order chi connectivity index (χ0) is 13.5. The van der Waals surface area contributed by atoms with Gasteiger partial charge in [-0.15, -0.1) is 0 Å². The summed E-state index contributed by atoms with van der Waals surface area (Å²) in [5, 5.41) is 2.51. The molecule has 0 aliphatic carbocycles. The molecule has 0 unspecified atom stereocenters. The van der Waals surface area contributed by atoms with Crippen molar-refractivity contribution in [3.63, 3.8) is 0 Å². The van der Waals surface area contributed by atoms with Crippen LogP contribution in [0.4, 0.5) is 5.69 Å². The molecule has 0 saturated heterocycles. The quantitative estimate of drug-likeness (QED) is 0.760. The molecule has 5 heteroatoms. The molecule has 1 aromatic rings. The number of rotatable bonds is 5. The molecule has 0 spiro atoms. The molecule has 2 amide bonds. The Morgan fingerprint density at radius 2 is 2.11 bits per heavy atom. The van der Waals surface area contributed by atoms with Crippen molar-refractivity contribution in [3.05, 3.63) is 29.8 Å². The normalized spacial score (nSPS) is 9.89. The van der Waals surface area contributed by atoms with Crippen LogP contribution < -0.4 is 11.1 Å². The molecular formula is C13H19N3O2. The number of nitrogen functional groups attached to an aromatic ring is 1. The second-order valence-corrected chi connectivity index (χ2v) is 4.03. The summed E-state index contributed by atoms with van der Waals surface area (Å²) in [5.41, 5.74) is 6.69. The standard InChI is InChI=1S/C13H19N3O2/c1-3-7-16(9-12(17)15-2)13(18)10-5-4-6-11(14)8-10/h4-6,8H,3,7,9,14H2,1-2H3,(H,15,17). The number of amides is 2. The van der Waals surface area contributed by atoms with Gasteiger partial charge in [0.05, 0.1) is 6.54 Å². The summed E-state index contributed by atoms with van der Waals surface area (Å²) in [6.45, 7) is 2.57. The zero-order valence-electron chi connectivity index (χ0n) is 10.8. The average molecular weight is 249 g/mol. The first-order valence-corrected chi connectivity index (χ1v) is 5.94. The van der Waals surface area contributed by atoms with Gasteiger partial charge >= 0.3 is 0 Å². The van der Waals surface area contributed by atoms with Crippen molar-refractivity contribution in [2.24, 2.45) is 0 Å². The van der Waals surface area contributed by atoms with Crippen LogP contribution in [-0.4, -0.2) is 36.9 Å². The monoisotopic (exact) mass is 249 g/mol. The molecule has 0 aliphatic rings. The van der Waals surface area contributed by atoms with Crippen LogP contribution in [0, 0.1) is 0 Å². The predicted molar refractivity (Wildman–Crippen MR) is 71.1 cm³/mol. The summed E-state index contributed by atoms with van der Waals surface area (Å²) in [7, 11) is 1.55. The summed E-state index contributed by atoms with van der Waals surface area (Å²) in [6.07, 6.45) is 0.797. The van der Waals surface area contributed by atoms with E-state index in [-0.39, 0.29) is 18.4 Å². The van der Waals surface area contributed by atoms with Crippen molar-refractivity contribution in [1.29, 1.82) is 0 Å². The van der Waals surface area contributed by atoms with E-state index in [9.17, 15) is 9.59 Å². The summed E-state index contributed by atoms with van der Waals surface area (Å²) in [4.78, 5) is 25.1. The molecule has 1 aromatic carbocycles. The molecule has 1 rings (SSSR count). The Balaban J connectivity index is 2.85. The van der Waals surface area contributed by atoms with Gasteiger partial charge in [-0.2, -0.15) is 0 Å². The number of hydrogen-bond acceptors (Lipinski definition) is 3. The van der Waals surface area contributed by atoms with Crippen molar-refractivity contribution in [3.8, 4) is 0 Å². The third-order valence-electron chi connectivity index (χ3n) is 2.53. The maximum atomic E-state index is 12.2. The van der Waals surface area contributed by atoms with Gasteiger partial charge in [-0.25, -0.2) is 0 Å². The maximum absolute atomic E-state index is 12.2. The Kier molecular flexibility index (Phi) is 5.17. The fourth-order valence-electron chi connectivity index (χ4n) is 1.63. The van der Waals surface area contributed by atoms with Crippen molar-refractivity contribution in [2.45, 2.75) is 13.3 Å². The van der Waals surface area contributed by atoms with Gasteiger partial charge in [0.1, 0.15) is 0 Å². The van der Waals surface area contributed by atoms with E-state index < -0.39 is 0 Å². The number of carbonyl (C=O) groups is 2. The minimum Gasteiger partial charge on any atom is -0.399 e. The van der Waals surface area contributed by atoms with E-state index in [2.05, 4.69) is 5.32 Å². The van der Waals surface area contributed by atoms with Crippen LogP contribution in [0.2, 0.25) is 0 Å². The van der Waals surface area contributed by atoms with E-state index in [0.717, 1.165) is 6.42 Å². The van der Waals surface area contributed by atoms with Crippen LogP contribution in [0.25, 0.3) is 0 Å². The summed E-state index contributed by atoms with van der Waals surface area (Å²) in [6, 6.07) is 6.77. The number of carbonyl (C=O) groups excluding carboxylic acids is 2. The molecule has 0 bridgehead atoms. The molecule has 0 atom stereocenters. The van der Waals surface area contributed by atoms with Gasteiger partial charge in [-0.1, -0.05) is 13.0 Å². The minimum atomic E-state index is -0.180. The highest BCUT2D eigenvalue weighted by atomic mass is 16.2. The lowest BCUT2D eigenvalue weighted by molar-refractivity contribution is -0.121. The number of hydrogen-bond donors (Lipinski definition) is 2. The first kappa shape index (κ1) is 14.0. The fraction of sp³-hybridized carbons (Fsp3) is 0.385. The number of anilines is 1. The van der Waals surface area contributed by atoms with Gasteiger partial charge in [0.15, 0.2) is 0 Å². The Morgan fingerprint density at radius 3 is 2.67 bits per heavy atom. The lowest BCUT2D eigenvalue weighted by Gasteiger charge is -2.21. The van der Waals surface area contributed by atoms with E-state index in [1.807, 2.05) is 6.92 Å². The Morgan fingerprint density at radius 1 is 1.39 bits per heavy atom. The Bertz CT molecular complexity index is 432. The number of nitrogens with zero attached hydrogens (tertiary/aromatic N) is 1. The van der Waals surface area contributed by atoms with Crippen LogP contribution in [0.3, 0.4) is 0 Å². The highest BCUT2D eigenvalue weighted by molar-refractivity contribution is 5.97. The molecule has 98 valence electrons. The topological polar surface area (TPSA) is 75.4 Å². The van der Waals surface area contributed by atoms with E-state index in [4.69, 9.17) is 5.73 Å². The molecule has 18 heavy (non-hydrogen) atoms. The molecule has 0 heterocycles. The third kappa shape index (κ3) is 3.76. The molecule has 0 aromatic heterocycles. The van der Waals surface area contributed by atoms with Crippen LogP contribution in [-0.2, 0) is 4.79 Å². The number of benzene rings is 1. The average Bonchev–Trinajstić information content (AvgIpc) is 2.37. The van der Waals surface area contributed by atoms with Gasteiger partial charge in [-0.3, -0.25) is 9.59 Å². The van der Waals surface area contributed by atoms with Gasteiger partial charge in [-0.05, 0) is 24.6 Å². The highest BCUT2D eigenvalue weighted by Crippen LogP contribution is 2.10. The van der Waals surface area contributed by atoms with Crippen LogP contribution in [0.5, 0.6) is 0 Å². The Hall–Kier alpha value is -2.04. The lowest BCUT2D eigenvalue weighted by Crippen LogP contribution is -2.40. The number of nitrogens with one attached hydrogen (secondary N) is 1. The van der Waals surface area contributed by atoms with Crippen molar-refractivity contribution >= 4 is 17.5 Å². The second-order valence-electron chi connectivity index (χ2n) is 4.03. The minimum absolute atomic E-state index is 0.0674. The van der Waals surface area contributed by atoms with Gasteiger partial charge < -0.3 is 16.0 Å². The highest BCUT2D eigenvalue weighted by Gasteiger charge is 2.17. The number of nitrogens with two attached hydrogens (primary N) is 1. The smallest absolute Gasteiger partial charge is 0.254 e. The van der Waals surface area contributed by atoms with Gasteiger partial charge in [0.2, 0.25) is 5.91 Å². The summed E-state index contributed by atoms with van der Waals surface area (Å²) in [5.74, 6) is -0.353. The van der Waals surface area contributed by atoms with Gasteiger partial charge in [0, 0.05) is 24.8 Å². The molecular weight excluding hydrogens is 230 g/mol. The van der Waals surface area contributed by atoms with E-state index >= 15 is 0 Å². The van der Waals surface area contributed by atoms with Gasteiger partial charge in [0.25, 0.3) is 5.91 Å². The van der Waals surface area contributed by atoms with Crippen molar-refractivity contribution in [1.82, 2.24) is 10.2 Å². The molecule has 0 radical (unpaired) electrons. The lowest BCUT2D eigenvalue weighted by atomic mass is 10.1. The van der Waals surface area contributed by atoms with Crippen molar-refractivity contribution < 1.29 is 9.59 Å². The fourth-order valence-corrected chi connectivity index (χ4v) is 1.63. The van der Waals surface area contributed by atoms with E-state index in [1.54, 1.807) is 31.3 Å². The van der Waals surface area contributed by atoms with Crippen molar-refractivity contribution in [2.75, 3.05) is 25.9 Å². The van der Waals surface area contributed by atoms with Crippen LogP contribution in [0.15, 0.2) is 24.3 Å². The molecule has 0 saturated carbocycles. The van der Waals surface area contributed by atoms with E-state index in [0.29, 0.717) is 17.8 Å². The molecule has 0 aliphatic heterocycles. The summed E-state index contributed by atoms with van der Waals surface area (Å²) >= 11 is 0. The number of likely N-dealkylation sites (N-methyl/N-ethyl adjacent to an activating group) is 1. The molecule has 0 fully saturated rings. The first-order valence-electron chi connectivity index (χ1n) is 5.94. The third-order valence-corrected chi connectivity index (χ3v) is 2.53. The zero-order valence-corrected chi connectivity index (χ0v) is 10.8. The largest absolute Gasteiger partial charge is 0.399 e. The van der Waals surface area contributed by atoms with Crippen LogP contribution in [0.1, 0.15) is 23.7 Å². The summed E-state index contributed by atoms with van der Waals surface area (Å²) < 4.78 is 0. The SMILES string of the molecule is CCCN(CC(=O)NC)C(=O)c1cccc(N)c1. The Labute approximate surface area is 107 Å².